The molecule has 0 saturated carbocycles. The second-order valence-corrected chi connectivity index (χ2v) is 2.69. The summed E-state index contributed by atoms with van der Waals surface area (Å²) in [5.41, 5.74) is 5.29. The van der Waals surface area contributed by atoms with Crippen molar-refractivity contribution in [3.63, 3.8) is 0 Å². The number of rotatable bonds is 5. The highest BCUT2D eigenvalue weighted by atomic mass is 16.5. The molecule has 0 aromatic rings. The predicted octanol–water partition coefficient (Wildman–Crippen LogP) is -0.577. The lowest BCUT2D eigenvalue weighted by molar-refractivity contribution is -0.154. The molecule has 5 heteroatoms. The number of carbonyl (C=O) groups excluding carboxylic acids is 3. The molecule has 2 N–H and O–H groups in total. The van der Waals surface area contributed by atoms with Crippen molar-refractivity contribution < 1.29 is 19.1 Å². The molecule has 0 aliphatic rings. The van der Waals surface area contributed by atoms with Crippen LogP contribution in [0.1, 0.15) is 20.3 Å². The van der Waals surface area contributed by atoms with Gasteiger partial charge in [0.15, 0.2) is 11.9 Å². The third-order valence-corrected chi connectivity index (χ3v) is 1.38. The van der Waals surface area contributed by atoms with Crippen molar-refractivity contribution in [1.82, 2.24) is 0 Å². The van der Waals surface area contributed by atoms with E-state index in [2.05, 4.69) is 4.74 Å². The molecule has 0 fully saturated rings. The first kappa shape index (κ1) is 11.8. The number of hydrogen-bond acceptors (Lipinski definition) is 5. The quantitative estimate of drug-likeness (QED) is 0.459. The molecule has 0 radical (unpaired) electrons. The fraction of sp³-hybridized carbons (Fsp3) is 0.625. The third kappa shape index (κ3) is 4.37. The van der Waals surface area contributed by atoms with Gasteiger partial charge in [-0.05, 0) is 6.92 Å². The molecule has 0 heterocycles. The SMILES string of the molecule is CC(=O)OC(CC=O)C(=O)[C@H](C)N. The monoisotopic (exact) mass is 187 g/mol. The Hall–Kier alpha value is -1.23. The van der Waals surface area contributed by atoms with Crippen LogP contribution >= 0.6 is 0 Å². The van der Waals surface area contributed by atoms with Crippen LogP contribution in [-0.2, 0) is 19.1 Å². The average molecular weight is 187 g/mol. The molecular formula is C8H13NO4. The minimum absolute atomic E-state index is 0.139. The Balaban J connectivity index is 4.31. The van der Waals surface area contributed by atoms with Crippen LogP contribution in [0.3, 0.4) is 0 Å². The van der Waals surface area contributed by atoms with Gasteiger partial charge >= 0.3 is 5.97 Å². The van der Waals surface area contributed by atoms with Gasteiger partial charge < -0.3 is 15.3 Å². The summed E-state index contributed by atoms with van der Waals surface area (Å²) in [5, 5.41) is 0. The molecule has 0 spiro atoms. The molecule has 74 valence electrons. The third-order valence-electron chi connectivity index (χ3n) is 1.38. The van der Waals surface area contributed by atoms with Crippen LogP contribution < -0.4 is 5.73 Å². The van der Waals surface area contributed by atoms with Gasteiger partial charge in [0.05, 0.1) is 6.04 Å². The number of Topliss-reactive ketones (excluding diaryl/α,β-unsaturated/α-hetero) is 1. The number of esters is 1. The van der Waals surface area contributed by atoms with Crippen LogP contribution in [0.2, 0.25) is 0 Å². The Labute approximate surface area is 76.2 Å². The highest BCUT2D eigenvalue weighted by Crippen LogP contribution is 2.01. The Morgan fingerprint density at radius 3 is 2.38 bits per heavy atom. The molecule has 0 aromatic heterocycles. The smallest absolute Gasteiger partial charge is 0.303 e. The lowest BCUT2D eigenvalue weighted by Crippen LogP contribution is -2.38. The lowest BCUT2D eigenvalue weighted by atomic mass is 10.1. The minimum Gasteiger partial charge on any atom is -0.454 e. The Morgan fingerprint density at radius 2 is 2.08 bits per heavy atom. The molecule has 0 saturated heterocycles. The molecule has 5 nitrogen and oxygen atoms in total. The van der Waals surface area contributed by atoms with Gasteiger partial charge in [0.25, 0.3) is 0 Å². The van der Waals surface area contributed by atoms with Gasteiger partial charge in [-0.2, -0.15) is 0 Å². The van der Waals surface area contributed by atoms with Crippen LogP contribution in [-0.4, -0.2) is 30.2 Å². The molecular weight excluding hydrogens is 174 g/mol. The van der Waals surface area contributed by atoms with Crippen molar-refractivity contribution >= 4 is 18.0 Å². The summed E-state index contributed by atoms with van der Waals surface area (Å²) in [7, 11) is 0. The highest BCUT2D eigenvalue weighted by Gasteiger charge is 2.23. The van der Waals surface area contributed by atoms with Gasteiger partial charge in [-0.15, -0.1) is 0 Å². The van der Waals surface area contributed by atoms with Gasteiger partial charge in [0.1, 0.15) is 6.29 Å². The number of nitrogens with two attached hydrogens (primary N) is 1. The maximum Gasteiger partial charge on any atom is 0.303 e. The topological polar surface area (TPSA) is 86.5 Å². The van der Waals surface area contributed by atoms with Gasteiger partial charge in [-0.25, -0.2) is 0 Å². The minimum atomic E-state index is -1.03. The lowest BCUT2D eigenvalue weighted by Gasteiger charge is -2.14. The van der Waals surface area contributed by atoms with E-state index in [9.17, 15) is 14.4 Å². The van der Waals surface area contributed by atoms with Crippen LogP contribution in [0.5, 0.6) is 0 Å². The largest absolute Gasteiger partial charge is 0.454 e. The zero-order valence-electron chi connectivity index (χ0n) is 7.65. The summed E-state index contributed by atoms with van der Waals surface area (Å²) >= 11 is 0. The summed E-state index contributed by atoms with van der Waals surface area (Å²) in [6, 6.07) is -0.732. The van der Waals surface area contributed by atoms with E-state index in [4.69, 9.17) is 5.73 Å². The second kappa shape index (κ2) is 5.42. The average Bonchev–Trinajstić information content (AvgIpc) is 2.01. The number of hydrogen-bond donors (Lipinski definition) is 1. The number of ether oxygens (including phenoxy) is 1. The van der Waals surface area contributed by atoms with Crippen molar-refractivity contribution in [2.45, 2.75) is 32.4 Å². The first-order valence-corrected chi connectivity index (χ1v) is 3.89. The first-order valence-electron chi connectivity index (χ1n) is 3.89. The van der Waals surface area contributed by atoms with Gasteiger partial charge in [0, 0.05) is 13.3 Å². The maximum absolute atomic E-state index is 11.2. The van der Waals surface area contributed by atoms with Crippen molar-refractivity contribution in [1.29, 1.82) is 0 Å². The number of aldehydes is 1. The molecule has 0 amide bonds. The van der Waals surface area contributed by atoms with E-state index in [1.807, 2.05) is 0 Å². The molecule has 0 aliphatic carbocycles. The molecule has 0 aliphatic heterocycles. The van der Waals surface area contributed by atoms with E-state index in [0.29, 0.717) is 6.29 Å². The molecule has 2 atom stereocenters. The van der Waals surface area contributed by atoms with Crippen molar-refractivity contribution in [3.05, 3.63) is 0 Å². The Kier molecular flexibility index (Phi) is 4.91. The second-order valence-electron chi connectivity index (χ2n) is 2.69. The molecule has 0 aromatic carbocycles. The van der Waals surface area contributed by atoms with Gasteiger partial charge in [0.2, 0.25) is 0 Å². The molecule has 0 bridgehead atoms. The Morgan fingerprint density at radius 1 is 1.54 bits per heavy atom. The van der Waals surface area contributed by atoms with Crippen molar-refractivity contribution in [3.8, 4) is 0 Å². The van der Waals surface area contributed by atoms with Crippen molar-refractivity contribution in [2.24, 2.45) is 5.73 Å². The maximum atomic E-state index is 11.2. The molecule has 0 rings (SSSR count). The molecule has 1 unspecified atom stereocenters. The summed E-state index contributed by atoms with van der Waals surface area (Å²) in [6.45, 7) is 2.65. The van der Waals surface area contributed by atoms with Crippen LogP contribution in [0.4, 0.5) is 0 Å². The summed E-state index contributed by atoms with van der Waals surface area (Å²) < 4.78 is 4.61. The fourth-order valence-corrected chi connectivity index (χ4v) is 0.803. The van der Waals surface area contributed by atoms with Gasteiger partial charge in [-0.1, -0.05) is 0 Å². The summed E-state index contributed by atoms with van der Waals surface area (Å²) in [4.78, 5) is 31.9. The summed E-state index contributed by atoms with van der Waals surface area (Å²) in [6.07, 6.45) is -0.650. The summed E-state index contributed by atoms with van der Waals surface area (Å²) in [5.74, 6) is -1.04. The van der Waals surface area contributed by atoms with E-state index in [1.165, 1.54) is 13.8 Å². The fourth-order valence-electron chi connectivity index (χ4n) is 0.803. The van der Waals surface area contributed by atoms with E-state index >= 15 is 0 Å². The van der Waals surface area contributed by atoms with E-state index < -0.39 is 23.9 Å². The van der Waals surface area contributed by atoms with Crippen LogP contribution in [0.15, 0.2) is 0 Å². The predicted molar refractivity (Wildman–Crippen MR) is 44.9 cm³/mol. The van der Waals surface area contributed by atoms with E-state index in [0.717, 1.165) is 0 Å². The zero-order valence-corrected chi connectivity index (χ0v) is 7.65. The first-order chi connectivity index (χ1) is 5.99. The highest BCUT2D eigenvalue weighted by molar-refractivity contribution is 5.90. The van der Waals surface area contributed by atoms with E-state index in [1.54, 1.807) is 0 Å². The standard InChI is InChI=1S/C8H13NO4/c1-5(9)8(12)7(3-4-10)13-6(2)11/h4-5,7H,3,9H2,1-2H3/t5-,7?/m0/s1. The van der Waals surface area contributed by atoms with Crippen molar-refractivity contribution in [2.75, 3.05) is 0 Å². The Bertz CT molecular complexity index is 212. The van der Waals surface area contributed by atoms with Crippen LogP contribution in [0, 0.1) is 0 Å². The number of ketones is 1. The normalized spacial score (nSPS) is 14.4. The molecule has 13 heavy (non-hydrogen) atoms. The van der Waals surface area contributed by atoms with Gasteiger partial charge in [-0.3, -0.25) is 9.59 Å². The van der Waals surface area contributed by atoms with Crippen LogP contribution in [0.25, 0.3) is 0 Å². The zero-order chi connectivity index (χ0) is 10.4. The number of carbonyl (C=O) groups is 3. The van der Waals surface area contributed by atoms with E-state index in [-0.39, 0.29) is 6.42 Å².